The van der Waals surface area contributed by atoms with Crippen LogP contribution in [0.15, 0.2) is 0 Å². The van der Waals surface area contributed by atoms with Gasteiger partial charge in [-0.1, -0.05) is 0 Å². The third-order valence-corrected chi connectivity index (χ3v) is 3.70. The van der Waals surface area contributed by atoms with Gasteiger partial charge in [0.2, 0.25) is 0 Å². The topological polar surface area (TPSA) is 44.5 Å². The van der Waals surface area contributed by atoms with Gasteiger partial charge in [-0.05, 0) is 38.0 Å². The molecule has 0 saturated carbocycles. The normalized spacial score (nSPS) is 34.3. The van der Waals surface area contributed by atoms with Crippen LogP contribution in [-0.2, 0) is 9.47 Å². The van der Waals surface area contributed by atoms with Gasteiger partial charge in [0.1, 0.15) is 0 Å². The van der Waals surface area contributed by atoms with Gasteiger partial charge in [-0.2, -0.15) is 0 Å². The fourth-order valence-electron chi connectivity index (χ4n) is 2.50. The zero-order valence-electron chi connectivity index (χ0n) is 9.00. The van der Waals surface area contributed by atoms with E-state index in [0.29, 0.717) is 5.41 Å². The summed E-state index contributed by atoms with van der Waals surface area (Å²) in [7, 11) is 0. The first-order valence-electron chi connectivity index (χ1n) is 5.67. The van der Waals surface area contributed by atoms with Crippen LogP contribution in [-0.4, -0.2) is 32.0 Å². The van der Waals surface area contributed by atoms with E-state index in [4.69, 9.17) is 15.2 Å². The molecule has 0 aliphatic carbocycles. The summed E-state index contributed by atoms with van der Waals surface area (Å²) < 4.78 is 11.2. The molecule has 0 aromatic heterocycles. The van der Waals surface area contributed by atoms with Crippen molar-refractivity contribution in [2.24, 2.45) is 11.1 Å². The van der Waals surface area contributed by atoms with Crippen molar-refractivity contribution in [1.82, 2.24) is 0 Å². The minimum atomic E-state index is 0.173. The van der Waals surface area contributed by atoms with E-state index in [1.54, 1.807) is 0 Å². The van der Waals surface area contributed by atoms with E-state index in [9.17, 15) is 0 Å². The second-order valence-electron chi connectivity index (χ2n) is 4.86. The van der Waals surface area contributed by atoms with E-state index >= 15 is 0 Å². The summed E-state index contributed by atoms with van der Waals surface area (Å²) in [6.45, 7) is 4.74. The maximum Gasteiger partial charge on any atom is 0.0723 e. The van der Waals surface area contributed by atoms with Crippen LogP contribution in [0.2, 0.25) is 0 Å². The minimum absolute atomic E-state index is 0.173. The Balaban J connectivity index is 1.87. The number of nitrogens with two attached hydrogens (primary N) is 1. The van der Waals surface area contributed by atoms with Crippen molar-refractivity contribution in [1.29, 1.82) is 0 Å². The molecule has 2 aliphatic rings. The Hall–Kier alpha value is -0.120. The molecule has 0 aromatic carbocycles. The van der Waals surface area contributed by atoms with Gasteiger partial charge >= 0.3 is 0 Å². The van der Waals surface area contributed by atoms with Crippen molar-refractivity contribution < 1.29 is 9.47 Å². The molecule has 2 N–H and O–H groups in total. The lowest BCUT2D eigenvalue weighted by atomic mass is 9.74. The lowest BCUT2D eigenvalue weighted by Gasteiger charge is -2.43. The summed E-state index contributed by atoms with van der Waals surface area (Å²) in [5.41, 5.74) is 6.26. The Morgan fingerprint density at radius 3 is 2.50 bits per heavy atom. The maximum absolute atomic E-state index is 5.85. The van der Waals surface area contributed by atoms with Gasteiger partial charge in [0.05, 0.1) is 12.7 Å². The average Bonchev–Trinajstić information content (AvgIpc) is 2.19. The molecule has 3 heteroatoms. The quantitative estimate of drug-likeness (QED) is 0.692. The van der Waals surface area contributed by atoms with Gasteiger partial charge in [0.15, 0.2) is 0 Å². The Kier molecular flexibility index (Phi) is 3.10. The van der Waals surface area contributed by atoms with Crippen LogP contribution < -0.4 is 5.73 Å². The lowest BCUT2D eigenvalue weighted by molar-refractivity contribution is -0.109. The summed E-state index contributed by atoms with van der Waals surface area (Å²) in [6.07, 6.45) is 5.00. The van der Waals surface area contributed by atoms with Gasteiger partial charge in [0, 0.05) is 19.3 Å². The number of ether oxygens (including phenoxy) is 2. The van der Waals surface area contributed by atoms with Crippen LogP contribution >= 0.6 is 0 Å². The molecule has 0 radical (unpaired) electrons. The van der Waals surface area contributed by atoms with Crippen molar-refractivity contribution in [3.8, 4) is 0 Å². The van der Waals surface area contributed by atoms with Gasteiger partial charge in [-0.25, -0.2) is 0 Å². The number of hydrogen-bond donors (Lipinski definition) is 1. The first kappa shape index (κ1) is 10.4. The minimum Gasteiger partial charge on any atom is -0.381 e. The van der Waals surface area contributed by atoms with Crippen LogP contribution in [0.1, 0.15) is 32.6 Å². The van der Waals surface area contributed by atoms with E-state index in [0.717, 1.165) is 26.2 Å². The lowest BCUT2D eigenvalue weighted by Crippen LogP contribution is -2.45. The van der Waals surface area contributed by atoms with E-state index in [-0.39, 0.29) is 12.1 Å². The molecule has 1 spiro atoms. The summed E-state index contributed by atoms with van der Waals surface area (Å²) in [6, 6.07) is 0.173. The fourth-order valence-corrected chi connectivity index (χ4v) is 2.50. The number of rotatable bonds is 1. The summed E-state index contributed by atoms with van der Waals surface area (Å²) in [5, 5.41) is 0. The molecule has 2 rings (SSSR count). The molecule has 14 heavy (non-hydrogen) atoms. The first-order valence-corrected chi connectivity index (χ1v) is 5.67. The predicted octanol–water partition coefficient (Wildman–Crippen LogP) is 1.31. The van der Waals surface area contributed by atoms with E-state index in [1.165, 1.54) is 19.3 Å². The van der Waals surface area contributed by atoms with E-state index in [2.05, 4.69) is 0 Å². The summed E-state index contributed by atoms with van der Waals surface area (Å²) >= 11 is 0. The second kappa shape index (κ2) is 4.17. The average molecular weight is 199 g/mol. The van der Waals surface area contributed by atoms with Crippen molar-refractivity contribution in [2.75, 3.05) is 19.8 Å². The monoisotopic (exact) mass is 199 g/mol. The Labute approximate surface area is 85.9 Å². The van der Waals surface area contributed by atoms with Gasteiger partial charge < -0.3 is 15.2 Å². The second-order valence-corrected chi connectivity index (χ2v) is 4.86. The largest absolute Gasteiger partial charge is 0.381 e. The molecule has 2 saturated heterocycles. The highest BCUT2D eigenvalue weighted by Gasteiger charge is 2.38. The molecule has 2 heterocycles. The van der Waals surface area contributed by atoms with Crippen molar-refractivity contribution >= 4 is 0 Å². The highest BCUT2D eigenvalue weighted by molar-refractivity contribution is 4.88. The van der Waals surface area contributed by atoms with E-state index < -0.39 is 0 Å². The van der Waals surface area contributed by atoms with Gasteiger partial charge in [0.25, 0.3) is 0 Å². The Morgan fingerprint density at radius 2 is 2.00 bits per heavy atom. The molecular weight excluding hydrogens is 178 g/mol. The summed E-state index contributed by atoms with van der Waals surface area (Å²) in [5.74, 6) is 0. The molecule has 82 valence electrons. The van der Waals surface area contributed by atoms with Crippen molar-refractivity contribution in [3.05, 3.63) is 0 Å². The van der Waals surface area contributed by atoms with Gasteiger partial charge in [-0.3, -0.25) is 0 Å². The zero-order chi connectivity index (χ0) is 10.0. The van der Waals surface area contributed by atoms with Crippen molar-refractivity contribution in [2.45, 2.75) is 44.8 Å². The predicted molar refractivity (Wildman–Crippen MR) is 55.1 cm³/mol. The molecule has 1 unspecified atom stereocenters. The first-order chi connectivity index (χ1) is 6.72. The SMILES string of the molecule is C[C@H](N)C1CCC2(CCOCC2)CO1. The van der Waals surface area contributed by atoms with Crippen LogP contribution in [0, 0.1) is 5.41 Å². The third-order valence-electron chi connectivity index (χ3n) is 3.70. The van der Waals surface area contributed by atoms with Crippen LogP contribution in [0.5, 0.6) is 0 Å². The Morgan fingerprint density at radius 1 is 1.29 bits per heavy atom. The van der Waals surface area contributed by atoms with Crippen LogP contribution in [0.25, 0.3) is 0 Å². The zero-order valence-corrected chi connectivity index (χ0v) is 9.00. The van der Waals surface area contributed by atoms with Gasteiger partial charge in [-0.15, -0.1) is 0 Å². The Bertz CT molecular complexity index is 178. The highest BCUT2D eigenvalue weighted by Crippen LogP contribution is 2.40. The molecule has 0 amide bonds. The third kappa shape index (κ3) is 2.10. The molecule has 2 aliphatic heterocycles. The molecule has 3 nitrogen and oxygen atoms in total. The molecule has 0 aromatic rings. The fraction of sp³-hybridized carbons (Fsp3) is 1.00. The van der Waals surface area contributed by atoms with Crippen molar-refractivity contribution in [3.63, 3.8) is 0 Å². The molecule has 2 atom stereocenters. The molecular formula is C11H21NO2. The standard InChI is InChI=1S/C11H21NO2/c1-9(12)10-2-3-11(8-14-10)4-6-13-7-5-11/h9-10H,2-8,12H2,1H3/t9-,10?/m0/s1. The molecule has 2 fully saturated rings. The van der Waals surface area contributed by atoms with Crippen LogP contribution in [0.4, 0.5) is 0 Å². The number of hydrogen-bond acceptors (Lipinski definition) is 3. The smallest absolute Gasteiger partial charge is 0.0723 e. The van der Waals surface area contributed by atoms with Crippen LogP contribution in [0.3, 0.4) is 0 Å². The van der Waals surface area contributed by atoms with E-state index in [1.807, 2.05) is 6.92 Å². The molecule has 0 bridgehead atoms. The summed E-state index contributed by atoms with van der Waals surface area (Å²) in [4.78, 5) is 0. The maximum atomic E-state index is 5.85. The highest BCUT2D eigenvalue weighted by atomic mass is 16.5.